The highest BCUT2D eigenvalue weighted by Crippen LogP contribution is 2.25. The molecule has 0 saturated heterocycles. The van der Waals surface area contributed by atoms with Crippen LogP contribution in [0.2, 0.25) is 0 Å². The summed E-state index contributed by atoms with van der Waals surface area (Å²) in [6.07, 6.45) is 4.86. The monoisotopic (exact) mass is 248 g/mol. The predicted molar refractivity (Wildman–Crippen MR) is 67.3 cm³/mol. The van der Waals surface area contributed by atoms with E-state index in [0.717, 1.165) is 5.56 Å². The Hall–Kier alpha value is -2.15. The highest BCUT2D eigenvalue weighted by molar-refractivity contribution is 5.47. The molecule has 2 aromatic heterocycles. The van der Waals surface area contributed by atoms with Crippen LogP contribution in [-0.4, -0.2) is 19.7 Å². The molecule has 0 unspecified atom stereocenters. The highest BCUT2D eigenvalue weighted by Gasteiger charge is 2.10. The molecule has 0 saturated carbocycles. The molecule has 0 aliphatic carbocycles. The molecule has 7 nitrogen and oxygen atoms in total. The molecule has 0 fully saturated rings. The normalized spacial score (nSPS) is 10.7. The summed E-state index contributed by atoms with van der Waals surface area (Å²) in [7, 11) is 0. The van der Waals surface area contributed by atoms with Crippen LogP contribution in [-0.2, 0) is 0 Å². The van der Waals surface area contributed by atoms with Gasteiger partial charge in [0, 0.05) is 6.04 Å². The lowest BCUT2D eigenvalue weighted by Crippen LogP contribution is -2.10. The first-order valence-corrected chi connectivity index (χ1v) is 5.62. The topological polar surface area (TPSA) is 90.9 Å². The molecular formula is C11H16N6O. The fraction of sp³-hybridized carbons (Fsp3) is 0.364. The molecule has 3 N–H and O–H groups in total. The first-order valence-electron chi connectivity index (χ1n) is 5.62. The Morgan fingerprint density at radius 1 is 1.39 bits per heavy atom. The van der Waals surface area contributed by atoms with Gasteiger partial charge in [-0.1, -0.05) is 0 Å². The maximum atomic E-state index is 5.65. The number of rotatable bonds is 4. The Balaban J connectivity index is 2.23. The Morgan fingerprint density at radius 2 is 2.17 bits per heavy atom. The molecular weight excluding hydrogens is 232 g/mol. The molecule has 0 atom stereocenters. The third kappa shape index (κ3) is 2.40. The number of anilines is 1. The Morgan fingerprint density at radius 3 is 2.78 bits per heavy atom. The first-order chi connectivity index (χ1) is 8.61. The van der Waals surface area contributed by atoms with Gasteiger partial charge in [-0.15, -0.1) is 0 Å². The number of hydrogen-bond acceptors (Lipinski definition) is 6. The Bertz CT molecular complexity index is 536. The summed E-state index contributed by atoms with van der Waals surface area (Å²) in [6.45, 7) is 5.92. The zero-order valence-electron chi connectivity index (χ0n) is 10.6. The van der Waals surface area contributed by atoms with E-state index >= 15 is 0 Å². The molecule has 0 aromatic carbocycles. The summed E-state index contributed by atoms with van der Waals surface area (Å²) in [6, 6.07) is 0.287. The molecule has 0 bridgehead atoms. The molecule has 96 valence electrons. The largest absolute Gasteiger partial charge is 0.435 e. The molecule has 0 spiro atoms. The van der Waals surface area contributed by atoms with Gasteiger partial charge in [-0.05, 0) is 20.8 Å². The fourth-order valence-electron chi connectivity index (χ4n) is 1.45. The number of ether oxygens (including phenoxy) is 1. The van der Waals surface area contributed by atoms with E-state index in [1.54, 1.807) is 6.20 Å². The van der Waals surface area contributed by atoms with Crippen LogP contribution in [0.1, 0.15) is 25.5 Å². The van der Waals surface area contributed by atoms with Crippen molar-refractivity contribution in [3.63, 3.8) is 0 Å². The van der Waals surface area contributed by atoms with Crippen molar-refractivity contribution in [2.24, 2.45) is 5.84 Å². The van der Waals surface area contributed by atoms with Crippen molar-refractivity contribution in [1.29, 1.82) is 0 Å². The standard InChI is InChI=1S/C11H16N6O/c1-7(2)17-5-9(4-15-17)18-11-8(3)10(16-12)13-6-14-11/h4-7H,12H2,1-3H3,(H,13,14,16). The van der Waals surface area contributed by atoms with Crippen molar-refractivity contribution in [2.75, 3.05) is 5.43 Å². The molecule has 7 heteroatoms. The van der Waals surface area contributed by atoms with Crippen molar-refractivity contribution < 1.29 is 4.74 Å². The van der Waals surface area contributed by atoms with E-state index in [9.17, 15) is 0 Å². The molecule has 0 aliphatic rings. The van der Waals surface area contributed by atoms with Crippen molar-refractivity contribution in [1.82, 2.24) is 19.7 Å². The van der Waals surface area contributed by atoms with Gasteiger partial charge in [0.15, 0.2) is 5.75 Å². The lowest BCUT2D eigenvalue weighted by molar-refractivity contribution is 0.454. The maximum absolute atomic E-state index is 5.65. The number of hydrogen-bond donors (Lipinski definition) is 2. The summed E-state index contributed by atoms with van der Waals surface area (Å²) in [4.78, 5) is 8.05. The van der Waals surface area contributed by atoms with Gasteiger partial charge in [0.2, 0.25) is 5.88 Å². The van der Waals surface area contributed by atoms with E-state index in [1.165, 1.54) is 6.33 Å². The smallest absolute Gasteiger partial charge is 0.227 e. The van der Waals surface area contributed by atoms with E-state index in [0.29, 0.717) is 17.4 Å². The van der Waals surface area contributed by atoms with Gasteiger partial charge < -0.3 is 10.2 Å². The van der Waals surface area contributed by atoms with Crippen LogP contribution >= 0.6 is 0 Å². The SMILES string of the molecule is Cc1c(NN)ncnc1Oc1cnn(C(C)C)c1. The third-order valence-electron chi connectivity index (χ3n) is 2.50. The van der Waals surface area contributed by atoms with Crippen LogP contribution in [0.4, 0.5) is 5.82 Å². The van der Waals surface area contributed by atoms with Gasteiger partial charge >= 0.3 is 0 Å². The van der Waals surface area contributed by atoms with Crippen LogP contribution in [0.15, 0.2) is 18.7 Å². The van der Waals surface area contributed by atoms with Crippen molar-refractivity contribution in [3.05, 3.63) is 24.3 Å². The van der Waals surface area contributed by atoms with Gasteiger partial charge in [-0.2, -0.15) is 5.10 Å². The van der Waals surface area contributed by atoms with Gasteiger partial charge in [0.1, 0.15) is 12.1 Å². The summed E-state index contributed by atoms with van der Waals surface area (Å²) < 4.78 is 7.47. The number of nitrogen functional groups attached to an aromatic ring is 1. The minimum Gasteiger partial charge on any atom is -0.435 e. The van der Waals surface area contributed by atoms with E-state index in [2.05, 4.69) is 20.5 Å². The Kier molecular flexibility index (Phi) is 3.42. The van der Waals surface area contributed by atoms with Crippen molar-refractivity contribution in [2.45, 2.75) is 26.8 Å². The second-order valence-electron chi connectivity index (χ2n) is 4.15. The molecule has 0 aliphatic heterocycles. The van der Waals surface area contributed by atoms with Gasteiger partial charge in [0.05, 0.1) is 18.0 Å². The number of aromatic nitrogens is 4. The van der Waals surface area contributed by atoms with Crippen LogP contribution in [0, 0.1) is 6.92 Å². The van der Waals surface area contributed by atoms with Gasteiger partial charge in [-0.25, -0.2) is 15.8 Å². The van der Waals surface area contributed by atoms with Gasteiger partial charge in [-0.3, -0.25) is 4.68 Å². The van der Waals surface area contributed by atoms with Crippen molar-refractivity contribution >= 4 is 5.82 Å². The average molecular weight is 248 g/mol. The third-order valence-corrected chi connectivity index (χ3v) is 2.50. The first kappa shape index (κ1) is 12.3. The number of nitrogens with zero attached hydrogens (tertiary/aromatic N) is 4. The predicted octanol–water partition coefficient (Wildman–Crippen LogP) is 1.64. The zero-order chi connectivity index (χ0) is 13.1. The summed E-state index contributed by atoms with van der Waals surface area (Å²) >= 11 is 0. The molecule has 2 rings (SSSR count). The Labute approximate surface area is 105 Å². The second kappa shape index (κ2) is 5.01. The van der Waals surface area contributed by atoms with Crippen LogP contribution in [0.25, 0.3) is 0 Å². The molecule has 0 radical (unpaired) electrons. The molecule has 0 amide bonds. The van der Waals surface area contributed by atoms with Crippen molar-refractivity contribution in [3.8, 4) is 11.6 Å². The number of nitrogens with two attached hydrogens (primary N) is 1. The van der Waals surface area contributed by atoms with E-state index in [1.807, 2.05) is 31.6 Å². The lowest BCUT2D eigenvalue weighted by Gasteiger charge is -2.08. The quantitative estimate of drug-likeness (QED) is 0.631. The van der Waals surface area contributed by atoms with Crippen LogP contribution < -0.4 is 16.0 Å². The minimum absolute atomic E-state index is 0.287. The van der Waals surface area contributed by atoms with E-state index in [4.69, 9.17) is 10.6 Å². The zero-order valence-corrected chi connectivity index (χ0v) is 10.6. The van der Waals surface area contributed by atoms with Gasteiger partial charge in [0.25, 0.3) is 0 Å². The van der Waals surface area contributed by atoms with E-state index < -0.39 is 0 Å². The number of hydrazine groups is 1. The number of nitrogens with one attached hydrogen (secondary N) is 1. The average Bonchev–Trinajstić information content (AvgIpc) is 2.80. The van der Waals surface area contributed by atoms with E-state index in [-0.39, 0.29) is 6.04 Å². The molecule has 18 heavy (non-hydrogen) atoms. The summed E-state index contributed by atoms with van der Waals surface area (Å²) in [5.74, 6) is 6.98. The molecule has 2 heterocycles. The van der Waals surface area contributed by atoms with Crippen LogP contribution in [0.5, 0.6) is 11.6 Å². The minimum atomic E-state index is 0.287. The lowest BCUT2D eigenvalue weighted by atomic mass is 10.3. The summed E-state index contributed by atoms with van der Waals surface area (Å²) in [5.41, 5.74) is 3.24. The molecule has 2 aromatic rings. The summed E-state index contributed by atoms with van der Waals surface area (Å²) in [5, 5.41) is 4.19. The maximum Gasteiger partial charge on any atom is 0.227 e. The fourth-order valence-corrected chi connectivity index (χ4v) is 1.45. The highest BCUT2D eigenvalue weighted by atomic mass is 16.5. The second-order valence-corrected chi connectivity index (χ2v) is 4.15. The van der Waals surface area contributed by atoms with Crippen LogP contribution in [0.3, 0.4) is 0 Å².